The molecule has 2 aromatic rings. The molecule has 178 valence electrons. The Morgan fingerprint density at radius 2 is 1.82 bits per heavy atom. The van der Waals surface area contributed by atoms with Crippen LogP contribution in [0.2, 0.25) is 0 Å². The van der Waals surface area contributed by atoms with E-state index in [4.69, 9.17) is 14.2 Å². The molecule has 1 atom stereocenters. The van der Waals surface area contributed by atoms with Crippen molar-refractivity contribution >= 4 is 11.9 Å². The smallest absolute Gasteiger partial charge is 0.336 e. The second kappa shape index (κ2) is 10.9. The molecule has 0 bridgehead atoms. The molecule has 2 aromatic carbocycles. The molecule has 0 radical (unpaired) electrons. The van der Waals surface area contributed by atoms with Crippen LogP contribution in [0.3, 0.4) is 0 Å². The van der Waals surface area contributed by atoms with Gasteiger partial charge in [-0.05, 0) is 48.2 Å². The molecule has 0 aliphatic carbocycles. The van der Waals surface area contributed by atoms with E-state index in [1.807, 2.05) is 32.0 Å². The van der Waals surface area contributed by atoms with Crippen LogP contribution < -0.4 is 9.47 Å². The van der Waals surface area contributed by atoms with Crippen LogP contribution in [-0.4, -0.2) is 37.6 Å². The van der Waals surface area contributed by atoms with Crippen LogP contribution in [0, 0.1) is 17.2 Å². The summed E-state index contributed by atoms with van der Waals surface area (Å²) in [6.45, 7) is 6.24. The first-order valence-electron chi connectivity index (χ1n) is 11.2. The number of amides is 1. The monoisotopic (exact) mass is 462 g/mol. The number of hydrogen-bond donors (Lipinski definition) is 0. The molecule has 0 fully saturated rings. The maximum absolute atomic E-state index is 13.3. The summed E-state index contributed by atoms with van der Waals surface area (Å²) in [4.78, 5) is 28.2. The van der Waals surface area contributed by atoms with Crippen LogP contribution in [0.25, 0.3) is 0 Å². The number of benzene rings is 2. The average molecular weight is 463 g/mol. The molecular weight excluding hydrogens is 432 g/mol. The standard InChI is InChI=1S/C27H30N2O5/c1-17(2)16-34-27(31)26-18(3)29(15-20-8-6-7-19(9-20)14-28)25(30)13-24(26)21-10-22(32-4)12-23(11-21)33-5/h6-12,17,24H,13,15-16H2,1-5H3. The number of allylic oxidation sites excluding steroid dienone is 1. The summed E-state index contributed by atoms with van der Waals surface area (Å²) >= 11 is 0. The lowest BCUT2D eigenvalue weighted by molar-refractivity contribution is -0.141. The van der Waals surface area contributed by atoms with Crippen LogP contribution in [0.4, 0.5) is 0 Å². The van der Waals surface area contributed by atoms with E-state index in [9.17, 15) is 14.9 Å². The van der Waals surface area contributed by atoms with Gasteiger partial charge in [0, 0.05) is 24.1 Å². The zero-order valence-electron chi connectivity index (χ0n) is 20.3. The van der Waals surface area contributed by atoms with Gasteiger partial charge in [0.25, 0.3) is 0 Å². The van der Waals surface area contributed by atoms with Crippen molar-refractivity contribution in [3.63, 3.8) is 0 Å². The van der Waals surface area contributed by atoms with Crippen LogP contribution in [0.5, 0.6) is 11.5 Å². The van der Waals surface area contributed by atoms with E-state index in [2.05, 4.69) is 6.07 Å². The van der Waals surface area contributed by atoms with Crippen molar-refractivity contribution in [2.45, 2.75) is 39.7 Å². The molecule has 1 unspecified atom stereocenters. The van der Waals surface area contributed by atoms with E-state index < -0.39 is 11.9 Å². The molecule has 34 heavy (non-hydrogen) atoms. The zero-order valence-corrected chi connectivity index (χ0v) is 20.3. The molecule has 7 heteroatoms. The molecule has 7 nitrogen and oxygen atoms in total. The highest BCUT2D eigenvalue weighted by Crippen LogP contribution is 2.40. The van der Waals surface area contributed by atoms with Gasteiger partial charge in [0.15, 0.2) is 0 Å². The molecular formula is C27H30N2O5. The van der Waals surface area contributed by atoms with Gasteiger partial charge in [0.2, 0.25) is 5.91 Å². The lowest BCUT2D eigenvalue weighted by Gasteiger charge is -2.35. The lowest BCUT2D eigenvalue weighted by Crippen LogP contribution is -2.38. The minimum absolute atomic E-state index is 0.0950. The van der Waals surface area contributed by atoms with E-state index in [0.717, 1.165) is 11.1 Å². The second-order valence-corrected chi connectivity index (χ2v) is 8.69. The number of ether oxygens (including phenoxy) is 3. The van der Waals surface area contributed by atoms with Crippen molar-refractivity contribution in [3.8, 4) is 17.6 Å². The summed E-state index contributed by atoms with van der Waals surface area (Å²) in [6.07, 6.45) is 0.0950. The van der Waals surface area contributed by atoms with Gasteiger partial charge >= 0.3 is 5.97 Å². The number of carbonyl (C=O) groups is 2. The minimum atomic E-state index is -0.502. The summed E-state index contributed by atoms with van der Waals surface area (Å²) < 4.78 is 16.4. The summed E-state index contributed by atoms with van der Waals surface area (Å²) in [5, 5.41) is 9.22. The van der Waals surface area contributed by atoms with E-state index in [1.54, 1.807) is 50.3 Å². The predicted octanol–water partition coefficient (Wildman–Crippen LogP) is 4.56. The van der Waals surface area contributed by atoms with Gasteiger partial charge < -0.3 is 19.1 Å². The van der Waals surface area contributed by atoms with Gasteiger partial charge in [-0.15, -0.1) is 0 Å². The van der Waals surface area contributed by atoms with Gasteiger partial charge in [0.05, 0.1) is 44.6 Å². The summed E-state index contributed by atoms with van der Waals surface area (Å²) in [5.41, 5.74) is 3.04. The molecule has 1 heterocycles. The van der Waals surface area contributed by atoms with Gasteiger partial charge in [-0.1, -0.05) is 26.0 Å². The van der Waals surface area contributed by atoms with Crippen molar-refractivity contribution in [2.24, 2.45) is 5.92 Å². The Labute approximate surface area is 200 Å². The van der Waals surface area contributed by atoms with E-state index >= 15 is 0 Å². The highest BCUT2D eigenvalue weighted by molar-refractivity contribution is 5.96. The minimum Gasteiger partial charge on any atom is -0.497 e. The molecule has 1 amide bonds. The highest BCUT2D eigenvalue weighted by atomic mass is 16.5. The third-order valence-electron chi connectivity index (χ3n) is 5.76. The number of nitriles is 1. The fraction of sp³-hybridized carbons (Fsp3) is 0.370. The third-order valence-corrected chi connectivity index (χ3v) is 5.76. The molecule has 0 spiro atoms. The average Bonchev–Trinajstić information content (AvgIpc) is 2.84. The van der Waals surface area contributed by atoms with Crippen LogP contribution in [0.1, 0.15) is 49.8 Å². The van der Waals surface area contributed by atoms with Crippen molar-refractivity contribution < 1.29 is 23.8 Å². The highest BCUT2D eigenvalue weighted by Gasteiger charge is 2.37. The molecule has 0 N–H and O–H groups in total. The number of carbonyl (C=O) groups excluding carboxylic acids is 2. The number of esters is 1. The lowest BCUT2D eigenvalue weighted by atomic mass is 9.83. The van der Waals surface area contributed by atoms with Crippen molar-refractivity contribution in [2.75, 3.05) is 20.8 Å². The maximum atomic E-state index is 13.3. The van der Waals surface area contributed by atoms with Crippen LogP contribution in [0.15, 0.2) is 53.7 Å². The van der Waals surface area contributed by atoms with Crippen LogP contribution in [-0.2, 0) is 20.9 Å². The first-order chi connectivity index (χ1) is 16.3. The molecule has 0 aromatic heterocycles. The Kier molecular flexibility index (Phi) is 7.95. The Morgan fingerprint density at radius 3 is 2.41 bits per heavy atom. The van der Waals surface area contributed by atoms with Gasteiger partial charge in [0.1, 0.15) is 11.5 Å². The quantitative estimate of drug-likeness (QED) is 0.534. The third kappa shape index (κ3) is 5.57. The maximum Gasteiger partial charge on any atom is 0.336 e. The topological polar surface area (TPSA) is 88.9 Å². The van der Waals surface area contributed by atoms with Crippen LogP contribution >= 0.6 is 0 Å². The molecule has 1 aliphatic rings. The number of methoxy groups -OCH3 is 2. The molecule has 0 saturated heterocycles. The molecule has 1 aliphatic heterocycles. The van der Waals surface area contributed by atoms with Crippen molar-refractivity contribution in [1.29, 1.82) is 5.26 Å². The predicted molar refractivity (Wildman–Crippen MR) is 127 cm³/mol. The largest absolute Gasteiger partial charge is 0.497 e. The number of hydrogen-bond acceptors (Lipinski definition) is 6. The molecule has 0 saturated carbocycles. The van der Waals surface area contributed by atoms with E-state index in [1.165, 1.54) is 0 Å². The van der Waals surface area contributed by atoms with Crippen molar-refractivity contribution in [3.05, 3.63) is 70.4 Å². The Morgan fingerprint density at radius 1 is 1.15 bits per heavy atom. The Hall–Kier alpha value is -3.79. The van der Waals surface area contributed by atoms with Crippen molar-refractivity contribution in [1.82, 2.24) is 4.90 Å². The van der Waals surface area contributed by atoms with E-state index in [0.29, 0.717) is 28.3 Å². The fourth-order valence-corrected chi connectivity index (χ4v) is 4.03. The Bertz CT molecular complexity index is 1120. The first kappa shape index (κ1) is 24.8. The van der Waals surface area contributed by atoms with Gasteiger partial charge in [-0.3, -0.25) is 4.79 Å². The summed E-state index contributed by atoms with van der Waals surface area (Å²) in [6, 6.07) is 14.6. The SMILES string of the molecule is COc1cc(OC)cc(C2CC(=O)N(Cc3cccc(C#N)c3)C(C)=C2C(=O)OCC(C)C)c1. The summed E-state index contributed by atoms with van der Waals surface area (Å²) in [5.74, 6) is 0.261. The van der Waals surface area contributed by atoms with E-state index in [-0.39, 0.29) is 31.4 Å². The summed E-state index contributed by atoms with van der Waals surface area (Å²) in [7, 11) is 3.11. The van der Waals surface area contributed by atoms with Gasteiger partial charge in [-0.25, -0.2) is 4.79 Å². The second-order valence-electron chi connectivity index (χ2n) is 8.69. The zero-order chi connectivity index (χ0) is 24.8. The Balaban J connectivity index is 2.07. The normalized spacial score (nSPS) is 15.9. The molecule has 3 rings (SSSR count). The van der Waals surface area contributed by atoms with Gasteiger partial charge in [-0.2, -0.15) is 5.26 Å². The first-order valence-corrected chi connectivity index (χ1v) is 11.2. The fourth-order valence-electron chi connectivity index (χ4n) is 4.03. The number of nitrogens with zero attached hydrogens (tertiary/aromatic N) is 2. The number of rotatable bonds is 8.